The molecule has 1 heterocycles. The SMILES string of the molecule is C=CCN(CC=C)c1cc(-c2ccccc2)nc(-c2ccccc2)c1. The minimum absolute atomic E-state index is 0.762. The molecule has 0 radical (unpaired) electrons. The molecule has 3 rings (SSSR count). The van der Waals surface area contributed by atoms with Gasteiger partial charge in [-0.05, 0) is 12.1 Å². The molecule has 0 atom stereocenters. The number of pyridine rings is 1. The van der Waals surface area contributed by atoms with Gasteiger partial charge in [0, 0.05) is 29.9 Å². The minimum atomic E-state index is 0.762. The molecule has 0 aliphatic rings. The van der Waals surface area contributed by atoms with Crippen LogP contribution >= 0.6 is 0 Å². The van der Waals surface area contributed by atoms with Crippen LogP contribution in [0.4, 0.5) is 5.69 Å². The second kappa shape index (κ2) is 8.11. The Kier molecular flexibility index (Phi) is 5.43. The molecule has 0 N–H and O–H groups in total. The van der Waals surface area contributed by atoms with Gasteiger partial charge in [0.2, 0.25) is 0 Å². The van der Waals surface area contributed by atoms with E-state index in [4.69, 9.17) is 4.98 Å². The summed E-state index contributed by atoms with van der Waals surface area (Å²) < 4.78 is 0. The van der Waals surface area contributed by atoms with Crippen LogP contribution in [0.2, 0.25) is 0 Å². The highest BCUT2D eigenvalue weighted by atomic mass is 15.1. The van der Waals surface area contributed by atoms with Crippen molar-refractivity contribution in [2.24, 2.45) is 0 Å². The fraction of sp³-hybridized carbons (Fsp3) is 0.0870. The first-order valence-electron chi connectivity index (χ1n) is 8.41. The standard InChI is InChI=1S/C23H22N2/c1-3-15-25(16-4-2)21-17-22(19-11-7-5-8-12-19)24-23(18-21)20-13-9-6-10-14-20/h3-14,17-18H,1-2,15-16H2. The molecular formula is C23H22N2. The molecule has 2 nitrogen and oxygen atoms in total. The van der Waals surface area contributed by atoms with E-state index in [2.05, 4.69) is 54.5 Å². The van der Waals surface area contributed by atoms with Crippen molar-refractivity contribution in [3.8, 4) is 22.5 Å². The van der Waals surface area contributed by atoms with Crippen molar-refractivity contribution >= 4 is 5.69 Å². The third-order valence-electron chi connectivity index (χ3n) is 4.01. The van der Waals surface area contributed by atoms with Crippen LogP contribution in [0, 0.1) is 0 Å². The van der Waals surface area contributed by atoms with E-state index in [1.54, 1.807) is 0 Å². The Labute approximate surface area is 149 Å². The van der Waals surface area contributed by atoms with Crippen LogP contribution in [0.5, 0.6) is 0 Å². The van der Waals surface area contributed by atoms with Gasteiger partial charge in [-0.2, -0.15) is 0 Å². The molecule has 0 aliphatic carbocycles. The lowest BCUT2D eigenvalue weighted by molar-refractivity contribution is 0.955. The first-order chi connectivity index (χ1) is 12.3. The summed E-state index contributed by atoms with van der Waals surface area (Å²) in [4.78, 5) is 7.13. The molecule has 25 heavy (non-hydrogen) atoms. The zero-order valence-corrected chi connectivity index (χ0v) is 14.3. The summed E-state index contributed by atoms with van der Waals surface area (Å²) in [6.45, 7) is 9.28. The van der Waals surface area contributed by atoms with E-state index in [-0.39, 0.29) is 0 Å². The highest BCUT2D eigenvalue weighted by molar-refractivity contribution is 5.72. The third kappa shape index (κ3) is 4.04. The summed E-state index contributed by atoms with van der Waals surface area (Å²) in [5.74, 6) is 0. The van der Waals surface area contributed by atoms with Crippen LogP contribution in [-0.2, 0) is 0 Å². The van der Waals surface area contributed by atoms with Gasteiger partial charge < -0.3 is 4.90 Å². The maximum atomic E-state index is 4.90. The highest BCUT2D eigenvalue weighted by Crippen LogP contribution is 2.29. The van der Waals surface area contributed by atoms with Crippen LogP contribution in [0.1, 0.15) is 0 Å². The Balaban J connectivity index is 2.14. The lowest BCUT2D eigenvalue weighted by atomic mass is 10.1. The normalized spacial score (nSPS) is 10.2. The van der Waals surface area contributed by atoms with Crippen molar-refractivity contribution in [1.29, 1.82) is 0 Å². The van der Waals surface area contributed by atoms with E-state index in [1.165, 1.54) is 0 Å². The van der Waals surface area contributed by atoms with Gasteiger partial charge in [-0.1, -0.05) is 72.8 Å². The van der Waals surface area contributed by atoms with E-state index in [0.717, 1.165) is 41.3 Å². The Morgan fingerprint density at radius 3 is 1.56 bits per heavy atom. The van der Waals surface area contributed by atoms with Gasteiger partial charge in [0.25, 0.3) is 0 Å². The smallest absolute Gasteiger partial charge is 0.0730 e. The molecule has 0 unspecified atom stereocenters. The Bertz CT molecular complexity index is 771. The fourth-order valence-electron chi connectivity index (χ4n) is 2.81. The van der Waals surface area contributed by atoms with Gasteiger partial charge in [-0.15, -0.1) is 13.2 Å². The average molecular weight is 326 g/mol. The minimum Gasteiger partial charge on any atom is -0.364 e. The lowest BCUT2D eigenvalue weighted by Gasteiger charge is -2.23. The van der Waals surface area contributed by atoms with Gasteiger partial charge >= 0.3 is 0 Å². The van der Waals surface area contributed by atoms with E-state index in [9.17, 15) is 0 Å². The van der Waals surface area contributed by atoms with E-state index >= 15 is 0 Å². The number of hydrogen-bond acceptors (Lipinski definition) is 2. The van der Waals surface area contributed by atoms with E-state index in [1.807, 2.05) is 48.6 Å². The summed E-state index contributed by atoms with van der Waals surface area (Å²) in [6, 6.07) is 24.8. The summed E-state index contributed by atoms with van der Waals surface area (Å²) in [6.07, 6.45) is 3.82. The molecule has 0 saturated heterocycles. The number of anilines is 1. The molecule has 2 aromatic carbocycles. The Morgan fingerprint density at radius 2 is 1.16 bits per heavy atom. The molecule has 2 heteroatoms. The Hall–Kier alpha value is -3.13. The predicted molar refractivity (Wildman–Crippen MR) is 108 cm³/mol. The molecule has 0 amide bonds. The largest absolute Gasteiger partial charge is 0.364 e. The molecule has 0 fully saturated rings. The molecular weight excluding hydrogens is 304 g/mol. The van der Waals surface area contributed by atoms with Crippen molar-refractivity contribution in [2.75, 3.05) is 18.0 Å². The molecule has 3 aromatic rings. The van der Waals surface area contributed by atoms with Crippen molar-refractivity contribution < 1.29 is 0 Å². The number of rotatable bonds is 7. The molecule has 0 spiro atoms. The van der Waals surface area contributed by atoms with Crippen LogP contribution in [0.25, 0.3) is 22.5 Å². The van der Waals surface area contributed by atoms with Crippen LogP contribution in [0.3, 0.4) is 0 Å². The third-order valence-corrected chi connectivity index (χ3v) is 4.01. The van der Waals surface area contributed by atoms with Crippen LogP contribution < -0.4 is 4.90 Å². The fourth-order valence-corrected chi connectivity index (χ4v) is 2.81. The summed E-state index contributed by atoms with van der Waals surface area (Å²) in [7, 11) is 0. The molecule has 0 bridgehead atoms. The second-order valence-corrected chi connectivity index (χ2v) is 5.81. The molecule has 1 aromatic heterocycles. The van der Waals surface area contributed by atoms with E-state index in [0.29, 0.717) is 0 Å². The van der Waals surface area contributed by atoms with Crippen molar-refractivity contribution in [1.82, 2.24) is 4.98 Å². The predicted octanol–water partition coefficient (Wildman–Crippen LogP) is 5.59. The van der Waals surface area contributed by atoms with Crippen LogP contribution in [-0.4, -0.2) is 18.1 Å². The maximum absolute atomic E-state index is 4.90. The lowest BCUT2D eigenvalue weighted by Crippen LogP contribution is -2.23. The van der Waals surface area contributed by atoms with Gasteiger partial charge in [0.05, 0.1) is 11.4 Å². The topological polar surface area (TPSA) is 16.1 Å². The van der Waals surface area contributed by atoms with Gasteiger partial charge in [0.15, 0.2) is 0 Å². The molecule has 0 saturated carbocycles. The first kappa shape index (κ1) is 16.7. The van der Waals surface area contributed by atoms with Crippen molar-refractivity contribution in [2.45, 2.75) is 0 Å². The maximum Gasteiger partial charge on any atom is 0.0730 e. The summed E-state index contributed by atoms with van der Waals surface area (Å²) >= 11 is 0. The second-order valence-electron chi connectivity index (χ2n) is 5.81. The zero-order chi connectivity index (χ0) is 17.5. The Morgan fingerprint density at radius 1 is 0.720 bits per heavy atom. The zero-order valence-electron chi connectivity index (χ0n) is 14.3. The first-order valence-corrected chi connectivity index (χ1v) is 8.41. The highest BCUT2D eigenvalue weighted by Gasteiger charge is 2.10. The number of nitrogens with zero attached hydrogens (tertiary/aromatic N) is 2. The average Bonchev–Trinajstić information content (AvgIpc) is 2.69. The number of aromatic nitrogens is 1. The summed E-state index contributed by atoms with van der Waals surface area (Å²) in [5.41, 5.74) is 5.27. The monoisotopic (exact) mass is 326 g/mol. The van der Waals surface area contributed by atoms with E-state index < -0.39 is 0 Å². The van der Waals surface area contributed by atoms with Gasteiger partial charge in [0.1, 0.15) is 0 Å². The molecule has 124 valence electrons. The molecule has 0 aliphatic heterocycles. The van der Waals surface area contributed by atoms with Crippen molar-refractivity contribution in [3.63, 3.8) is 0 Å². The van der Waals surface area contributed by atoms with Crippen LogP contribution in [0.15, 0.2) is 98.1 Å². The number of hydrogen-bond donors (Lipinski definition) is 0. The summed E-state index contributed by atoms with van der Waals surface area (Å²) in [5, 5.41) is 0. The van der Waals surface area contributed by atoms with Crippen molar-refractivity contribution in [3.05, 3.63) is 98.1 Å². The number of benzene rings is 2. The van der Waals surface area contributed by atoms with Gasteiger partial charge in [-0.3, -0.25) is 0 Å². The van der Waals surface area contributed by atoms with Gasteiger partial charge in [-0.25, -0.2) is 4.98 Å². The quantitative estimate of drug-likeness (QED) is 0.526.